The van der Waals surface area contributed by atoms with Crippen molar-refractivity contribution >= 4 is 29.5 Å². The Morgan fingerprint density at radius 1 is 1.32 bits per heavy atom. The third-order valence-electron chi connectivity index (χ3n) is 2.89. The van der Waals surface area contributed by atoms with Crippen molar-refractivity contribution in [3.63, 3.8) is 0 Å². The van der Waals surface area contributed by atoms with Crippen LogP contribution in [0.5, 0.6) is 0 Å². The lowest BCUT2D eigenvalue weighted by molar-refractivity contribution is -0.192. The van der Waals surface area contributed by atoms with Crippen molar-refractivity contribution < 1.29 is 14.4 Å². The molecule has 0 aliphatic heterocycles. The Labute approximate surface area is 129 Å². The van der Waals surface area contributed by atoms with Gasteiger partial charge < -0.3 is 21.3 Å². The van der Waals surface area contributed by atoms with E-state index in [2.05, 4.69) is 5.32 Å². The molecular formula is C15H22N4O3. The van der Waals surface area contributed by atoms with Gasteiger partial charge in [0.2, 0.25) is 0 Å². The zero-order chi connectivity index (χ0) is 16.4. The molecule has 0 atom stereocenters. The van der Waals surface area contributed by atoms with Crippen LogP contribution in [0.4, 0.5) is 11.4 Å². The van der Waals surface area contributed by atoms with Crippen LogP contribution in [0.15, 0.2) is 24.3 Å². The van der Waals surface area contributed by atoms with Crippen LogP contribution in [0.2, 0.25) is 0 Å². The molecule has 1 aromatic rings. The summed E-state index contributed by atoms with van der Waals surface area (Å²) in [6.45, 7) is 0.616. The average molecular weight is 306 g/mol. The number of carbonyl (C=O) groups excluding carboxylic acids is 2. The van der Waals surface area contributed by atoms with Gasteiger partial charge in [0, 0.05) is 37.8 Å². The van der Waals surface area contributed by atoms with Crippen molar-refractivity contribution in [3.8, 4) is 0 Å². The van der Waals surface area contributed by atoms with Crippen LogP contribution in [0, 0.1) is 5.41 Å². The molecule has 0 fully saturated rings. The molecule has 7 nitrogen and oxygen atoms in total. The number of hydroxylamine groups is 2. The van der Waals surface area contributed by atoms with E-state index in [0.29, 0.717) is 25.1 Å². The van der Waals surface area contributed by atoms with Crippen molar-refractivity contribution in [3.05, 3.63) is 24.3 Å². The SMILES string of the molecule is CN(OC(=O)CCCNc1ccc(N)cc1)C(=O)CCC=N. The Kier molecular flexibility index (Phi) is 7.45. The van der Waals surface area contributed by atoms with E-state index in [0.717, 1.165) is 17.0 Å². The standard InChI is InChI=1S/C15H22N4O3/c1-19(14(20)4-2-10-16)22-15(21)5-3-11-18-13-8-6-12(17)7-9-13/h6-10,16,18H,2-5,11,17H2,1H3. The monoisotopic (exact) mass is 306 g/mol. The molecule has 1 aromatic carbocycles. The summed E-state index contributed by atoms with van der Waals surface area (Å²) in [5, 5.41) is 10.9. The van der Waals surface area contributed by atoms with Crippen LogP contribution in [-0.4, -0.2) is 36.7 Å². The molecule has 0 radical (unpaired) electrons. The first-order chi connectivity index (χ1) is 10.5. The predicted octanol–water partition coefficient (Wildman–Crippen LogP) is 1.81. The highest BCUT2D eigenvalue weighted by Crippen LogP contribution is 2.10. The van der Waals surface area contributed by atoms with E-state index >= 15 is 0 Å². The summed E-state index contributed by atoms with van der Waals surface area (Å²) in [7, 11) is 1.40. The van der Waals surface area contributed by atoms with Gasteiger partial charge in [-0.1, -0.05) is 0 Å². The van der Waals surface area contributed by atoms with Crippen molar-refractivity contribution in [1.82, 2.24) is 5.06 Å². The fraction of sp³-hybridized carbons (Fsp3) is 0.400. The topological polar surface area (TPSA) is 109 Å². The molecule has 4 N–H and O–H groups in total. The second-order valence-corrected chi connectivity index (χ2v) is 4.75. The molecule has 0 unspecified atom stereocenters. The van der Waals surface area contributed by atoms with E-state index in [1.54, 1.807) is 12.1 Å². The van der Waals surface area contributed by atoms with Gasteiger partial charge in [-0.25, -0.2) is 4.79 Å². The minimum absolute atomic E-state index is 0.159. The number of nitrogens with one attached hydrogen (secondary N) is 2. The minimum Gasteiger partial charge on any atom is -0.399 e. The summed E-state index contributed by atoms with van der Waals surface area (Å²) in [5.74, 6) is -0.776. The van der Waals surface area contributed by atoms with Crippen LogP contribution in [0.3, 0.4) is 0 Å². The average Bonchev–Trinajstić information content (AvgIpc) is 2.50. The highest BCUT2D eigenvalue weighted by molar-refractivity contribution is 5.79. The summed E-state index contributed by atoms with van der Waals surface area (Å²) >= 11 is 0. The van der Waals surface area contributed by atoms with Crippen molar-refractivity contribution in [2.75, 3.05) is 24.6 Å². The van der Waals surface area contributed by atoms with E-state index in [1.165, 1.54) is 7.05 Å². The van der Waals surface area contributed by atoms with Gasteiger partial charge in [-0.2, -0.15) is 5.06 Å². The molecular weight excluding hydrogens is 284 g/mol. The molecule has 1 amide bonds. The predicted molar refractivity (Wildman–Crippen MR) is 85.5 cm³/mol. The Morgan fingerprint density at radius 2 is 2.00 bits per heavy atom. The van der Waals surface area contributed by atoms with Gasteiger partial charge in [-0.05, 0) is 43.3 Å². The molecule has 0 aromatic heterocycles. The number of nitrogen functional groups attached to an aromatic ring is 1. The molecule has 0 aliphatic carbocycles. The van der Waals surface area contributed by atoms with Gasteiger partial charge in [0.25, 0.3) is 5.91 Å². The first-order valence-electron chi connectivity index (χ1n) is 7.08. The number of nitrogens with zero attached hydrogens (tertiary/aromatic N) is 1. The maximum Gasteiger partial charge on any atom is 0.332 e. The third kappa shape index (κ3) is 6.74. The maximum absolute atomic E-state index is 11.6. The van der Waals surface area contributed by atoms with Crippen LogP contribution < -0.4 is 11.1 Å². The van der Waals surface area contributed by atoms with E-state index in [9.17, 15) is 9.59 Å². The van der Waals surface area contributed by atoms with Gasteiger partial charge in [0.15, 0.2) is 0 Å². The molecule has 7 heteroatoms. The molecule has 0 aliphatic rings. The fourth-order valence-electron chi connectivity index (χ4n) is 1.67. The second-order valence-electron chi connectivity index (χ2n) is 4.75. The van der Waals surface area contributed by atoms with E-state index in [-0.39, 0.29) is 18.7 Å². The molecule has 0 heterocycles. The Bertz CT molecular complexity index is 502. The lowest BCUT2D eigenvalue weighted by Gasteiger charge is -2.15. The number of amides is 1. The molecule has 0 saturated carbocycles. The molecule has 0 saturated heterocycles. The zero-order valence-corrected chi connectivity index (χ0v) is 12.7. The van der Waals surface area contributed by atoms with Crippen molar-refractivity contribution in [1.29, 1.82) is 5.41 Å². The lowest BCUT2D eigenvalue weighted by Crippen LogP contribution is -2.29. The van der Waals surface area contributed by atoms with E-state index < -0.39 is 5.97 Å². The Balaban J connectivity index is 2.18. The van der Waals surface area contributed by atoms with Gasteiger partial charge in [-0.15, -0.1) is 0 Å². The van der Waals surface area contributed by atoms with Gasteiger partial charge >= 0.3 is 5.97 Å². The molecule has 0 bridgehead atoms. The van der Waals surface area contributed by atoms with Crippen LogP contribution in [0.25, 0.3) is 0 Å². The largest absolute Gasteiger partial charge is 0.399 e. The second kappa shape index (κ2) is 9.38. The fourth-order valence-corrected chi connectivity index (χ4v) is 1.67. The van der Waals surface area contributed by atoms with Crippen LogP contribution in [0.1, 0.15) is 25.7 Å². The summed E-state index contributed by atoms with van der Waals surface area (Å²) in [6.07, 6.45) is 2.45. The summed E-state index contributed by atoms with van der Waals surface area (Å²) in [4.78, 5) is 28.0. The number of benzene rings is 1. The quantitative estimate of drug-likeness (QED) is 0.294. The van der Waals surface area contributed by atoms with Gasteiger partial charge in [-0.3, -0.25) is 4.79 Å². The number of hydrogen-bond donors (Lipinski definition) is 3. The zero-order valence-electron chi connectivity index (χ0n) is 12.7. The lowest BCUT2D eigenvalue weighted by atomic mass is 10.2. The van der Waals surface area contributed by atoms with Gasteiger partial charge in [0.1, 0.15) is 0 Å². The van der Waals surface area contributed by atoms with Gasteiger partial charge in [0.05, 0.1) is 0 Å². The summed E-state index contributed by atoms with van der Waals surface area (Å²) in [6, 6.07) is 7.32. The molecule has 22 heavy (non-hydrogen) atoms. The number of carbonyl (C=O) groups is 2. The number of rotatable bonds is 8. The third-order valence-corrected chi connectivity index (χ3v) is 2.89. The molecule has 120 valence electrons. The first kappa shape index (κ1) is 17.5. The van der Waals surface area contributed by atoms with Crippen molar-refractivity contribution in [2.45, 2.75) is 25.7 Å². The maximum atomic E-state index is 11.6. The Morgan fingerprint density at radius 3 is 2.64 bits per heavy atom. The molecule has 0 spiro atoms. The summed E-state index contributed by atoms with van der Waals surface area (Å²) < 4.78 is 0. The van der Waals surface area contributed by atoms with E-state index in [1.807, 2.05) is 12.1 Å². The highest BCUT2D eigenvalue weighted by atomic mass is 16.7. The number of hydrogen-bond acceptors (Lipinski definition) is 6. The highest BCUT2D eigenvalue weighted by Gasteiger charge is 2.13. The normalized spacial score (nSPS) is 9.86. The van der Waals surface area contributed by atoms with Crippen LogP contribution in [-0.2, 0) is 14.4 Å². The number of nitrogens with two attached hydrogens (primary N) is 1. The first-order valence-corrected chi connectivity index (χ1v) is 7.08. The van der Waals surface area contributed by atoms with Crippen LogP contribution >= 0.6 is 0 Å². The minimum atomic E-state index is -0.454. The van der Waals surface area contributed by atoms with E-state index in [4.69, 9.17) is 16.0 Å². The smallest absolute Gasteiger partial charge is 0.332 e. The van der Waals surface area contributed by atoms with Crippen molar-refractivity contribution in [2.24, 2.45) is 0 Å². The molecule has 1 rings (SSSR count). The number of anilines is 2. The summed E-state index contributed by atoms with van der Waals surface area (Å²) in [5.41, 5.74) is 7.22. The Hall–Kier alpha value is -2.57.